The standard InChI is InChI=1S/C19H20F3N3O2/c1-3-25-9-8-14(12-5-4-11(2)10-15(12)25)23-17(26)13-6-7-16(19(20,21)22)24-18(13)27/h4-7,10,14H,3,8-9H2,1-2H3,(H,23,26)(H,24,27). The summed E-state index contributed by atoms with van der Waals surface area (Å²) in [4.78, 5) is 28.4. The molecule has 1 aromatic carbocycles. The molecule has 2 aromatic rings. The number of fused-ring (bicyclic) bond motifs is 1. The SMILES string of the molecule is CCN1CCC(NC(=O)c2ccc(C(F)(F)F)[nH]c2=O)c2ccc(C)cc21. The summed E-state index contributed by atoms with van der Waals surface area (Å²) >= 11 is 0. The van der Waals surface area contributed by atoms with Crippen LogP contribution in [-0.2, 0) is 6.18 Å². The first-order valence-electron chi connectivity index (χ1n) is 8.67. The van der Waals surface area contributed by atoms with Gasteiger partial charge in [-0.15, -0.1) is 0 Å². The first-order chi connectivity index (χ1) is 12.7. The fraction of sp³-hybridized carbons (Fsp3) is 0.368. The summed E-state index contributed by atoms with van der Waals surface area (Å²) in [6.07, 6.45) is -4.02. The first-order valence-corrected chi connectivity index (χ1v) is 8.67. The minimum atomic E-state index is -4.67. The van der Waals surface area contributed by atoms with E-state index < -0.39 is 23.3 Å². The van der Waals surface area contributed by atoms with Crippen LogP contribution in [0, 0.1) is 6.92 Å². The van der Waals surface area contributed by atoms with Gasteiger partial charge in [-0.3, -0.25) is 9.59 Å². The number of amides is 1. The van der Waals surface area contributed by atoms with Crippen LogP contribution in [0.4, 0.5) is 18.9 Å². The highest BCUT2D eigenvalue weighted by molar-refractivity contribution is 5.94. The van der Waals surface area contributed by atoms with Crippen LogP contribution in [0.3, 0.4) is 0 Å². The Labute approximate surface area is 154 Å². The number of nitrogens with one attached hydrogen (secondary N) is 2. The number of carbonyl (C=O) groups is 1. The number of benzene rings is 1. The second kappa shape index (κ2) is 7.09. The molecular weight excluding hydrogens is 359 g/mol. The molecule has 0 fully saturated rings. The van der Waals surface area contributed by atoms with Gasteiger partial charge in [0, 0.05) is 18.8 Å². The van der Waals surface area contributed by atoms with Gasteiger partial charge in [0.15, 0.2) is 0 Å². The number of anilines is 1. The molecule has 1 aliphatic heterocycles. The Balaban J connectivity index is 1.86. The summed E-state index contributed by atoms with van der Waals surface area (Å²) in [5.74, 6) is -0.688. The predicted molar refractivity (Wildman–Crippen MR) is 96.0 cm³/mol. The Morgan fingerprint density at radius 2 is 2.04 bits per heavy atom. The van der Waals surface area contributed by atoms with Crippen LogP contribution in [0.15, 0.2) is 35.1 Å². The number of rotatable bonds is 3. The second-order valence-corrected chi connectivity index (χ2v) is 6.57. The maximum absolute atomic E-state index is 12.7. The average Bonchev–Trinajstić information content (AvgIpc) is 2.60. The summed E-state index contributed by atoms with van der Waals surface area (Å²) in [6.45, 7) is 5.60. The molecule has 0 saturated carbocycles. The normalized spacial score (nSPS) is 16.8. The van der Waals surface area contributed by atoms with Crippen molar-refractivity contribution in [3.8, 4) is 0 Å². The Hall–Kier alpha value is -2.77. The number of H-pyrrole nitrogens is 1. The molecule has 0 aliphatic carbocycles. The molecule has 27 heavy (non-hydrogen) atoms. The Morgan fingerprint density at radius 3 is 2.67 bits per heavy atom. The number of aromatic nitrogens is 1. The van der Waals surface area contributed by atoms with E-state index in [2.05, 4.69) is 10.2 Å². The van der Waals surface area contributed by atoms with Crippen LogP contribution in [0.25, 0.3) is 0 Å². The molecule has 2 heterocycles. The molecule has 0 spiro atoms. The molecule has 144 valence electrons. The summed E-state index contributed by atoms with van der Waals surface area (Å²) in [6, 6.07) is 7.23. The molecule has 1 atom stereocenters. The molecular formula is C19H20F3N3O2. The number of halogens is 3. The van der Waals surface area contributed by atoms with Crippen LogP contribution < -0.4 is 15.8 Å². The molecule has 0 radical (unpaired) electrons. The van der Waals surface area contributed by atoms with Crippen LogP contribution >= 0.6 is 0 Å². The maximum Gasteiger partial charge on any atom is 0.431 e. The van der Waals surface area contributed by atoms with E-state index >= 15 is 0 Å². The number of hydrogen-bond donors (Lipinski definition) is 2. The third-order valence-electron chi connectivity index (χ3n) is 4.74. The minimum Gasteiger partial charge on any atom is -0.371 e. The Morgan fingerprint density at radius 1 is 1.30 bits per heavy atom. The molecule has 1 aromatic heterocycles. The average molecular weight is 379 g/mol. The number of alkyl halides is 3. The Kier molecular flexibility index (Phi) is 4.99. The zero-order valence-electron chi connectivity index (χ0n) is 15.0. The zero-order valence-corrected chi connectivity index (χ0v) is 15.0. The van der Waals surface area contributed by atoms with Crippen LogP contribution in [-0.4, -0.2) is 24.0 Å². The lowest BCUT2D eigenvalue weighted by Crippen LogP contribution is -2.39. The summed E-state index contributed by atoms with van der Waals surface area (Å²) < 4.78 is 38.0. The zero-order chi connectivity index (χ0) is 19.8. The first kappa shape index (κ1) is 19.0. The third-order valence-corrected chi connectivity index (χ3v) is 4.74. The van der Waals surface area contributed by atoms with Crippen molar-refractivity contribution in [2.24, 2.45) is 0 Å². The molecule has 1 amide bonds. The van der Waals surface area contributed by atoms with Crippen molar-refractivity contribution in [1.29, 1.82) is 0 Å². The number of aryl methyl sites for hydroxylation is 1. The van der Waals surface area contributed by atoms with E-state index in [1.54, 1.807) is 4.98 Å². The van der Waals surface area contributed by atoms with Crippen molar-refractivity contribution >= 4 is 11.6 Å². The van der Waals surface area contributed by atoms with Crippen LogP contribution in [0.2, 0.25) is 0 Å². The van der Waals surface area contributed by atoms with Gasteiger partial charge in [0.25, 0.3) is 11.5 Å². The predicted octanol–water partition coefficient (Wildman–Crippen LogP) is 3.40. The molecule has 3 rings (SSSR count). The van der Waals surface area contributed by atoms with E-state index in [9.17, 15) is 22.8 Å². The lowest BCUT2D eigenvalue weighted by atomic mass is 9.94. The van der Waals surface area contributed by atoms with Crippen LogP contribution in [0.5, 0.6) is 0 Å². The number of aromatic amines is 1. The van der Waals surface area contributed by atoms with Crippen molar-refractivity contribution in [3.05, 3.63) is 63.1 Å². The van der Waals surface area contributed by atoms with Gasteiger partial charge in [0.1, 0.15) is 11.3 Å². The van der Waals surface area contributed by atoms with Gasteiger partial charge in [-0.25, -0.2) is 0 Å². The highest BCUT2D eigenvalue weighted by atomic mass is 19.4. The maximum atomic E-state index is 12.7. The second-order valence-electron chi connectivity index (χ2n) is 6.57. The number of pyridine rings is 1. The van der Waals surface area contributed by atoms with Gasteiger partial charge >= 0.3 is 6.18 Å². The van der Waals surface area contributed by atoms with Gasteiger partial charge in [0.2, 0.25) is 0 Å². The van der Waals surface area contributed by atoms with E-state index in [0.29, 0.717) is 12.5 Å². The summed E-state index contributed by atoms with van der Waals surface area (Å²) in [5, 5.41) is 2.79. The molecule has 1 unspecified atom stereocenters. The molecule has 5 nitrogen and oxygen atoms in total. The van der Waals surface area contributed by atoms with Crippen molar-refractivity contribution in [2.75, 3.05) is 18.0 Å². The fourth-order valence-electron chi connectivity index (χ4n) is 3.32. The lowest BCUT2D eigenvalue weighted by Gasteiger charge is -2.35. The highest BCUT2D eigenvalue weighted by Crippen LogP contribution is 2.34. The number of carbonyl (C=O) groups excluding carboxylic acids is 1. The largest absolute Gasteiger partial charge is 0.431 e. The molecule has 1 aliphatic rings. The topological polar surface area (TPSA) is 65.2 Å². The van der Waals surface area contributed by atoms with E-state index in [-0.39, 0.29) is 11.6 Å². The van der Waals surface area contributed by atoms with Crippen LogP contribution in [0.1, 0.15) is 46.6 Å². The van der Waals surface area contributed by atoms with Crippen molar-refractivity contribution in [2.45, 2.75) is 32.5 Å². The summed E-state index contributed by atoms with van der Waals surface area (Å²) in [7, 11) is 0. The van der Waals surface area contributed by atoms with Crippen molar-refractivity contribution < 1.29 is 18.0 Å². The molecule has 2 N–H and O–H groups in total. The number of nitrogens with zero attached hydrogens (tertiary/aromatic N) is 1. The lowest BCUT2D eigenvalue weighted by molar-refractivity contribution is -0.141. The molecule has 8 heteroatoms. The van der Waals surface area contributed by atoms with E-state index in [4.69, 9.17) is 0 Å². The van der Waals surface area contributed by atoms with Gasteiger partial charge in [-0.2, -0.15) is 13.2 Å². The number of hydrogen-bond acceptors (Lipinski definition) is 3. The smallest absolute Gasteiger partial charge is 0.371 e. The Bertz CT molecular complexity index is 921. The highest BCUT2D eigenvalue weighted by Gasteiger charge is 2.33. The molecule has 0 bridgehead atoms. The monoisotopic (exact) mass is 379 g/mol. The fourth-order valence-corrected chi connectivity index (χ4v) is 3.32. The van der Waals surface area contributed by atoms with E-state index in [1.165, 1.54) is 0 Å². The third kappa shape index (κ3) is 3.84. The minimum absolute atomic E-state index is 0.308. The quantitative estimate of drug-likeness (QED) is 0.859. The van der Waals surface area contributed by atoms with Gasteiger partial charge < -0.3 is 15.2 Å². The van der Waals surface area contributed by atoms with Gasteiger partial charge in [-0.1, -0.05) is 12.1 Å². The van der Waals surface area contributed by atoms with Crippen molar-refractivity contribution in [1.82, 2.24) is 10.3 Å². The van der Waals surface area contributed by atoms with Gasteiger partial charge in [0.05, 0.1) is 6.04 Å². The molecule has 0 saturated heterocycles. The summed E-state index contributed by atoms with van der Waals surface area (Å²) in [5.41, 5.74) is 0.479. The van der Waals surface area contributed by atoms with E-state index in [0.717, 1.165) is 36.0 Å². The van der Waals surface area contributed by atoms with Gasteiger partial charge in [-0.05, 0) is 49.6 Å². The van der Waals surface area contributed by atoms with Crippen molar-refractivity contribution in [3.63, 3.8) is 0 Å². The van der Waals surface area contributed by atoms with E-state index in [1.807, 2.05) is 32.0 Å².